The molecule has 0 aliphatic heterocycles. The molecule has 0 radical (unpaired) electrons. The van der Waals surface area contributed by atoms with Crippen molar-refractivity contribution in [3.05, 3.63) is 60.0 Å². The number of hydrogen-bond donors (Lipinski definition) is 0. The van der Waals surface area contributed by atoms with E-state index in [1.54, 1.807) is 23.9 Å². The third-order valence-corrected chi connectivity index (χ3v) is 3.73. The van der Waals surface area contributed by atoms with Crippen LogP contribution in [0.2, 0.25) is 0 Å². The molecule has 0 aliphatic rings. The van der Waals surface area contributed by atoms with Crippen LogP contribution in [0, 0.1) is 11.3 Å². The first kappa shape index (κ1) is 11.8. The largest absolute Gasteiger partial charge is 0.286 e. The minimum Gasteiger partial charge on any atom is -0.286 e. The average molecular weight is 266 g/mol. The Bertz CT molecular complexity index is 743. The van der Waals surface area contributed by atoms with Crippen LogP contribution in [0.3, 0.4) is 0 Å². The second-order valence-corrected chi connectivity index (χ2v) is 5.02. The number of nitrogens with zero attached hydrogens (tertiary/aromatic N) is 4. The Morgan fingerprint density at radius 1 is 1.16 bits per heavy atom. The molecule has 0 saturated carbocycles. The van der Waals surface area contributed by atoms with E-state index in [4.69, 9.17) is 5.26 Å². The maximum atomic E-state index is 8.84. The van der Waals surface area contributed by atoms with Gasteiger partial charge in [0.2, 0.25) is 0 Å². The van der Waals surface area contributed by atoms with E-state index < -0.39 is 0 Å². The number of nitriles is 1. The molecule has 19 heavy (non-hydrogen) atoms. The minimum absolute atomic E-state index is 0.599. The first-order valence-electron chi connectivity index (χ1n) is 5.78. The molecule has 0 bridgehead atoms. The summed E-state index contributed by atoms with van der Waals surface area (Å²) in [5.41, 5.74) is 1.31. The Morgan fingerprint density at radius 3 is 2.79 bits per heavy atom. The summed E-state index contributed by atoms with van der Waals surface area (Å²) in [5, 5.41) is 17.1. The third kappa shape index (κ3) is 2.44. The molecule has 2 heterocycles. The summed E-state index contributed by atoms with van der Waals surface area (Å²) in [5.74, 6) is 1.63. The molecule has 4 nitrogen and oxygen atoms in total. The van der Waals surface area contributed by atoms with Crippen molar-refractivity contribution < 1.29 is 0 Å². The van der Waals surface area contributed by atoms with Crippen LogP contribution in [0.15, 0.2) is 53.6 Å². The van der Waals surface area contributed by atoms with Crippen molar-refractivity contribution in [1.29, 1.82) is 5.26 Å². The SMILES string of the molecule is N#Cc1ccn2c(CSc3ccccc3)nnc2c1. The second kappa shape index (κ2) is 5.12. The zero-order valence-corrected chi connectivity index (χ0v) is 10.8. The smallest absolute Gasteiger partial charge is 0.162 e. The summed E-state index contributed by atoms with van der Waals surface area (Å²) < 4.78 is 1.91. The highest BCUT2D eigenvalue weighted by Crippen LogP contribution is 2.21. The number of thioether (sulfide) groups is 1. The van der Waals surface area contributed by atoms with E-state index in [1.807, 2.05) is 28.8 Å². The first-order chi connectivity index (χ1) is 9.36. The van der Waals surface area contributed by atoms with Gasteiger partial charge in [0.05, 0.1) is 17.4 Å². The molecule has 3 rings (SSSR count). The van der Waals surface area contributed by atoms with Crippen LogP contribution < -0.4 is 0 Å². The van der Waals surface area contributed by atoms with Crippen LogP contribution in [-0.2, 0) is 5.75 Å². The lowest BCUT2D eigenvalue weighted by Crippen LogP contribution is -1.92. The van der Waals surface area contributed by atoms with Gasteiger partial charge in [-0.25, -0.2) is 0 Å². The van der Waals surface area contributed by atoms with Gasteiger partial charge in [0, 0.05) is 17.2 Å². The van der Waals surface area contributed by atoms with Gasteiger partial charge in [0.25, 0.3) is 0 Å². The lowest BCUT2D eigenvalue weighted by Gasteiger charge is -2.00. The quantitative estimate of drug-likeness (QED) is 0.684. The highest BCUT2D eigenvalue weighted by molar-refractivity contribution is 7.98. The molecule has 0 fully saturated rings. The molecule has 0 N–H and O–H groups in total. The second-order valence-electron chi connectivity index (χ2n) is 3.97. The van der Waals surface area contributed by atoms with Gasteiger partial charge < -0.3 is 0 Å². The van der Waals surface area contributed by atoms with Gasteiger partial charge in [0.1, 0.15) is 5.82 Å². The van der Waals surface area contributed by atoms with Gasteiger partial charge in [0.15, 0.2) is 5.65 Å². The van der Waals surface area contributed by atoms with Crippen LogP contribution in [-0.4, -0.2) is 14.6 Å². The van der Waals surface area contributed by atoms with Crippen molar-refractivity contribution in [3.8, 4) is 6.07 Å². The lowest BCUT2D eigenvalue weighted by molar-refractivity contribution is 0.989. The zero-order chi connectivity index (χ0) is 13.1. The van der Waals surface area contributed by atoms with Crippen molar-refractivity contribution in [2.75, 3.05) is 0 Å². The normalized spacial score (nSPS) is 10.5. The number of pyridine rings is 1. The molecule has 0 saturated heterocycles. The molecule has 3 aromatic rings. The van der Waals surface area contributed by atoms with E-state index in [-0.39, 0.29) is 0 Å². The van der Waals surface area contributed by atoms with E-state index >= 15 is 0 Å². The summed E-state index contributed by atoms with van der Waals surface area (Å²) >= 11 is 1.71. The predicted molar refractivity (Wildman–Crippen MR) is 73.7 cm³/mol. The Labute approximate surface area is 114 Å². The first-order valence-corrected chi connectivity index (χ1v) is 6.77. The van der Waals surface area contributed by atoms with E-state index in [0.717, 1.165) is 11.6 Å². The van der Waals surface area contributed by atoms with E-state index in [9.17, 15) is 0 Å². The van der Waals surface area contributed by atoms with Crippen LogP contribution in [0.25, 0.3) is 5.65 Å². The monoisotopic (exact) mass is 266 g/mol. The Kier molecular flexibility index (Phi) is 3.17. The molecule has 0 spiro atoms. The van der Waals surface area contributed by atoms with E-state index in [2.05, 4.69) is 28.4 Å². The molecule has 0 aliphatic carbocycles. The molecular weight excluding hydrogens is 256 g/mol. The molecule has 2 aromatic heterocycles. The van der Waals surface area contributed by atoms with Crippen LogP contribution in [0.4, 0.5) is 0 Å². The van der Waals surface area contributed by atoms with Crippen molar-refractivity contribution >= 4 is 17.4 Å². The van der Waals surface area contributed by atoms with Crippen molar-refractivity contribution in [2.45, 2.75) is 10.6 Å². The molecule has 5 heteroatoms. The number of rotatable bonds is 3. The zero-order valence-electron chi connectivity index (χ0n) is 10.0. The molecule has 1 aromatic carbocycles. The van der Waals surface area contributed by atoms with Crippen molar-refractivity contribution in [3.63, 3.8) is 0 Å². The highest BCUT2D eigenvalue weighted by Gasteiger charge is 2.06. The average Bonchev–Trinajstić information content (AvgIpc) is 2.88. The Hall–Kier alpha value is -2.32. The molecule has 0 amide bonds. The number of aromatic nitrogens is 3. The predicted octanol–water partition coefficient (Wildman–Crippen LogP) is 2.89. The topological polar surface area (TPSA) is 54.0 Å². The van der Waals surface area contributed by atoms with Gasteiger partial charge in [-0.05, 0) is 18.2 Å². The lowest BCUT2D eigenvalue weighted by atomic mass is 10.3. The Balaban J connectivity index is 1.84. The van der Waals surface area contributed by atoms with E-state index in [0.29, 0.717) is 11.2 Å². The summed E-state index contributed by atoms with van der Waals surface area (Å²) in [6.45, 7) is 0. The summed E-state index contributed by atoms with van der Waals surface area (Å²) in [4.78, 5) is 1.20. The number of hydrogen-bond acceptors (Lipinski definition) is 4. The fourth-order valence-electron chi connectivity index (χ4n) is 1.77. The van der Waals surface area contributed by atoms with Gasteiger partial charge in [-0.15, -0.1) is 22.0 Å². The van der Waals surface area contributed by atoms with Gasteiger partial charge in [-0.3, -0.25) is 4.40 Å². The van der Waals surface area contributed by atoms with Crippen LogP contribution in [0.1, 0.15) is 11.4 Å². The number of fused-ring (bicyclic) bond motifs is 1. The molecule has 0 unspecified atom stereocenters. The standard InChI is InChI=1S/C14H10N4S/c15-9-11-6-7-18-13(8-11)16-17-14(18)10-19-12-4-2-1-3-5-12/h1-8H,10H2. The van der Waals surface area contributed by atoms with Gasteiger partial charge in [-0.2, -0.15) is 5.26 Å². The third-order valence-electron chi connectivity index (χ3n) is 2.72. The fourth-order valence-corrected chi connectivity index (χ4v) is 2.62. The van der Waals surface area contributed by atoms with Crippen molar-refractivity contribution in [2.24, 2.45) is 0 Å². The van der Waals surface area contributed by atoms with Crippen LogP contribution in [0.5, 0.6) is 0 Å². The maximum Gasteiger partial charge on any atom is 0.162 e. The van der Waals surface area contributed by atoms with Gasteiger partial charge in [-0.1, -0.05) is 18.2 Å². The fraction of sp³-hybridized carbons (Fsp3) is 0.0714. The molecule has 92 valence electrons. The highest BCUT2D eigenvalue weighted by atomic mass is 32.2. The van der Waals surface area contributed by atoms with Crippen molar-refractivity contribution in [1.82, 2.24) is 14.6 Å². The maximum absolute atomic E-state index is 8.84. The summed E-state index contributed by atoms with van der Waals surface area (Å²) in [6.07, 6.45) is 1.84. The number of benzene rings is 1. The minimum atomic E-state index is 0.599. The van der Waals surface area contributed by atoms with Crippen LogP contribution >= 0.6 is 11.8 Å². The molecular formula is C14H10N4S. The molecule has 0 atom stereocenters. The Morgan fingerprint density at radius 2 is 2.00 bits per heavy atom. The van der Waals surface area contributed by atoms with Gasteiger partial charge >= 0.3 is 0 Å². The summed E-state index contributed by atoms with van der Waals surface area (Å²) in [7, 11) is 0. The van der Waals surface area contributed by atoms with E-state index in [1.165, 1.54) is 4.90 Å². The summed E-state index contributed by atoms with van der Waals surface area (Å²) in [6, 6.07) is 15.8.